The highest BCUT2D eigenvalue weighted by atomic mass is 32.2. The average Bonchev–Trinajstić information content (AvgIpc) is 2.68. The number of nitrogens with one attached hydrogen (secondary N) is 2. The van der Waals surface area contributed by atoms with Gasteiger partial charge in [-0.05, 0) is 31.6 Å². The molecule has 156 valence electrons. The van der Waals surface area contributed by atoms with Crippen LogP contribution in [0, 0.1) is 0 Å². The molecule has 0 aliphatic carbocycles. The van der Waals surface area contributed by atoms with Crippen LogP contribution >= 0.6 is 11.8 Å². The second-order valence-electron chi connectivity index (χ2n) is 7.54. The Balaban J connectivity index is 1.89. The number of piperidine rings is 1. The first kappa shape index (κ1) is 22.6. The highest BCUT2D eigenvalue weighted by molar-refractivity contribution is 7.98. The molecular weight excluding hydrogens is 370 g/mol. The Bertz CT molecular complexity index is 622. The van der Waals surface area contributed by atoms with Crippen LogP contribution in [0.25, 0.3) is 0 Å². The standard InChI is InChI=1S/C21H35N5OS/c1-17-14-19(10-12-26(17)16-18-8-6-5-7-9-18)24-21(22-11-13-28-4)23-15-20(27)25(2)3/h5-9,17,19H,10-16H2,1-4H3,(H2,22,23,24). The smallest absolute Gasteiger partial charge is 0.243 e. The maximum Gasteiger partial charge on any atom is 0.243 e. The number of hydrogen-bond donors (Lipinski definition) is 2. The fraction of sp³-hybridized carbons (Fsp3) is 0.619. The van der Waals surface area contributed by atoms with E-state index in [1.54, 1.807) is 30.8 Å². The number of likely N-dealkylation sites (N-methyl/N-ethyl adjacent to an activating group) is 1. The average molecular weight is 406 g/mol. The Morgan fingerprint density at radius 2 is 2.07 bits per heavy atom. The molecule has 2 N–H and O–H groups in total. The summed E-state index contributed by atoms with van der Waals surface area (Å²) in [6, 6.07) is 11.5. The first-order valence-corrected chi connectivity index (χ1v) is 11.4. The van der Waals surface area contributed by atoms with Crippen molar-refractivity contribution in [3.8, 4) is 0 Å². The van der Waals surface area contributed by atoms with Gasteiger partial charge in [-0.15, -0.1) is 0 Å². The van der Waals surface area contributed by atoms with Crippen molar-refractivity contribution < 1.29 is 4.79 Å². The number of thioether (sulfide) groups is 1. The molecule has 0 radical (unpaired) electrons. The van der Waals surface area contributed by atoms with E-state index < -0.39 is 0 Å². The minimum Gasteiger partial charge on any atom is -0.356 e. The molecule has 1 saturated heterocycles. The third-order valence-corrected chi connectivity index (χ3v) is 5.67. The summed E-state index contributed by atoms with van der Waals surface area (Å²) in [6.07, 6.45) is 4.23. The zero-order chi connectivity index (χ0) is 20.4. The van der Waals surface area contributed by atoms with Crippen molar-refractivity contribution in [2.75, 3.05) is 45.7 Å². The molecule has 0 bridgehead atoms. The number of aliphatic imine (C=N–C) groups is 1. The van der Waals surface area contributed by atoms with Gasteiger partial charge in [0, 0.05) is 51.6 Å². The van der Waals surface area contributed by atoms with Gasteiger partial charge in [0.15, 0.2) is 5.96 Å². The van der Waals surface area contributed by atoms with E-state index in [1.165, 1.54) is 5.56 Å². The number of nitrogens with zero attached hydrogens (tertiary/aromatic N) is 3. The van der Waals surface area contributed by atoms with Crippen molar-refractivity contribution in [1.29, 1.82) is 0 Å². The van der Waals surface area contributed by atoms with Crippen molar-refractivity contribution in [3.63, 3.8) is 0 Å². The predicted molar refractivity (Wildman–Crippen MR) is 120 cm³/mol. The number of carbonyl (C=O) groups excluding carboxylic acids is 1. The highest BCUT2D eigenvalue weighted by Gasteiger charge is 2.26. The van der Waals surface area contributed by atoms with Crippen molar-refractivity contribution in [2.24, 2.45) is 4.99 Å². The number of likely N-dealkylation sites (tertiary alicyclic amines) is 1. The Labute approximate surface area is 174 Å². The minimum absolute atomic E-state index is 0.0111. The summed E-state index contributed by atoms with van der Waals surface area (Å²) in [6.45, 7) is 5.36. The molecule has 1 aliphatic heterocycles. The highest BCUT2D eigenvalue weighted by Crippen LogP contribution is 2.19. The fourth-order valence-electron chi connectivity index (χ4n) is 3.31. The van der Waals surface area contributed by atoms with Crippen LogP contribution in [0.15, 0.2) is 35.3 Å². The van der Waals surface area contributed by atoms with Gasteiger partial charge in [0.1, 0.15) is 6.54 Å². The number of carbonyl (C=O) groups is 1. The molecule has 1 aliphatic rings. The molecule has 0 saturated carbocycles. The van der Waals surface area contributed by atoms with Crippen molar-refractivity contribution in [2.45, 2.75) is 38.4 Å². The monoisotopic (exact) mass is 405 g/mol. The largest absolute Gasteiger partial charge is 0.356 e. The Morgan fingerprint density at radius 1 is 1.32 bits per heavy atom. The summed E-state index contributed by atoms with van der Waals surface area (Å²) in [4.78, 5) is 20.5. The van der Waals surface area contributed by atoms with Gasteiger partial charge in [-0.25, -0.2) is 4.99 Å². The summed E-state index contributed by atoms with van der Waals surface area (Å²) in [7, 11) is 3.52. The second-order valence-corrected chi connectivity index (χ2v) is 8.53. The van der Waals surface area contributed by atoms with E-state index in [-0.39, 0.29) is 12.5 Å². The molecular formula is C21H35N5OS. The fourth-order valence-corrected chi connectivity index (χ4v) is 3.62. The molecule has 6 nitrogen and oxygen atoms in total. The Morgan fingerprint density at radius 3 is 2.71 bits per heavy atom. The molecule has 0 spiro atoms. The normalized spacial score (nSPS) is 20.6. The first-order chi connectivity index (χ1) is 13.5. The maximum atomic E-state index is 11.9. The van der Waals surface area contributed by atoms with E-state index in [9.17, 15) is 4.79 Å². The number of hydrogen-bond acceptors (Lipinski definition) is 4. The lowest BCUT2D eigenvalue weighted by atomic mass is 9.97. The zero-order valence-electron chi connectivity index (χ0n) is 17.6. The van der Waals surface area contributed by atoms with Crippen LogP contribution < -0.4 is 10.6 Å². The van der Waals surface area contributed by atoms with Gasteiger partial charge in [0.2, 0.25) is 5.91 Å². The Hall–Kier alpha value is -1.73. The quantitative estimate of drug-likeness (QED) is 0.394. The third kappa shape index (κ3) is 7.72. The molecule has 2 unspecified atom stereocenters. The molecule has 7 heteroatoms. The van der Waals surface area contributed by atoms with Gasteiger partial charge < -0.3 is 15.5 Å². The van der Waals surface area contributed by atoms with Gasteiger partial charge in [-0.3, -0.25) is 9.69 Å². The maximum absolute atomic E-state index is 11.9. The van der Waals surface area contributed by atoms with E-state index in [2.05, 4.69) is 64.0 Å². The third-order valence-electron chi connectivity index (χ3n) is 5.05. The van der Waals surface area contributed by atoms with Crippen LogP contribution in [-0.4, -0.2) is 79.5 Å². The summed E-state index contributed by atoms with van der Waals surface area (Å²) in [5.74, 6) is 1.77. The lowest BCUT2D eigenvalue weighted by Crippen LogP contribution is -2.51. The number of rotatable bonds is 8. The molecule has 1 heterocycles. The molecule has 1 amide bonds. The number of guanidine groups is 1. The van der Waals surface area contributed by atoms with E-state index in [0.29, 0.717) is 12.1 Å². The summed E-state index contributed by atoms with van der Waals surface area (Å²) >= 11 is 1.79. The SMILES string of the molecule is CSCCNC(=NCC(=O)N(C)C)NC1CCN(Cc2ccccc2)C(C)C1. The van der Waals surface area contributed by atoms with Crippen LogP contribution in [0.5, 0.6) is 0 Å². The summed E-state index contributed by atoms with van der Waals surface area (Å²) in [5.41, 5.74) is 1.36. The predicted octanol–water partition coefficient (Wildman–Crippen LogP) is 2.03. The van der Waals surface area contributed by atoms with Crippen LogP contribution in [0.3, 0.4) is 0 Å². The summed E-state index contributed by atoms with van der Waals surface area (Å²) in [5, 5.41) is 6.92. The molecule has 1 aromatic rings. The van der Waals surface area contributed by atoms with Crippen molar-refractivity contribution in [3.05, 3.63) is 35.9 Å². The number of amides is 1. The van der Waals surface area contributed by atoms with Gasteiger partial charge in [0.25, 0.3) is 0 Å². The van der Waals surface area contributed by atoms with Crippen LogP contribution in [0.1, 0.15) is 25.3 Å². The van der Waals surface area contributed by atoms with E-state index in [4.69, 9.17) is 0 Å². The lowest BCUT2D eigenvalue weighted by molar-refractivity contribution is -0.127. The molecule has 1 aromatic carbocycles. The first-order valence-electron chi connectivity index (χ1n) is 10.0. The summed E-state index contributed by atoms with van der Waals surface area (Å²) < 4.78 is 0. The van der Waals surface area contributed by atoms with Gasteiger partial charge >= 0.3 is 0 Å². The molecule has 1 fully saturated rings. The van der Waals surface area contributed by atoms with E-state index in [1.807, 2.05) is 0 Å². The van der Waals surface area contributed by atoms with Crippen molar-refractivity contribution >= 4 is 23.6 Å². The molecule has 0 aromatic heterocycles. The van der Waals surface area contributed by atoms with Crippen LogP contribution in [0.4, 0.5) is 0 Å². The lowest BCUT2D eigenvalue weighted by Gasteiger charge is -2.38. The van der Waals surface area contributed by atoms with E-state index >= 15 is 0 Å². The van der Waals surface area contributed by atoms with Crippen molar-refractivity contribution in [1.82, 2.24) is 20.4 Å². The Kier molecular flexibility index (Phi) is 9.64. The topological polar surface area (TPSA) is 60.0 Å². The second kappa shape index (κ2) is 12.0. The van der Waals surface area contributed by atoms with Gasteiger partial charge in [-0.2, -0.15) is 11.8 Å². The minimum atomic E-state index is 0.0111. The van der Waals surface area contributed by atoms with Crippen LogP contribution in [-0.2, 0) is 11.3 Å². The van der Waals surface area contributed by atoms with Gasteiger partial charge in [-0.1, -0.05) is 30.3 Å². The molecule has 2 atom stereocenters. The van der Waals surface area contributed by atoms with E-state index in [0.717, 1.165) is 44.2 Å². The van der Waals surface area contributed by atoms with Gasteiger partial charge in [0.05, 0.1) is 0 Å². The molecule has 2 rings (SSSR count). The number of benzene rings is 1. The molecule has 28 heavy (non-hydrogen) atoms. The zero-order valence-corrected chi connectivity index (χ0v) is 18.5. The van der Waals surface area contributed by atoms with Crippen LogP contribution in [0.2, 0.25) is 0 Å².